The molecule has 0 bridgehead atoms. The molecule has 0 aromatic heterocycles. The Hall–Kier alpha value is -1.54. The van der Waals surface area contributed by atoms with E-state index in [2.05, 4.69) is 39.1 Å². The topological polar surface area (TPSA) is 13.7 Å². The van der Waals surface area contributed by atoms with E-state index < -0.39 is 0 Å². The van der Waals surface area contributed by atoms with Crippen molar-refractivity contribution in [2.75, 3.05) is 26.2 Å². The van der Waals surface area contributed by atoms with Gasteiger partial charge in [0.15, 0.2) is 0 Å². The van der Waals surface area contributed by atoms with E-state index in [1.54, 1.807) is 0 Å². The second kappa shape index (κ2) is 7.72. The van der Waals surface area contributed by atoms with Crippen molar-refractivity contribution in [2.45, 2.75) is 13.8 Å². The molecule has 0 aliphatic carbocycles. The normalized spacial score (nSPS) is 10.4. The molecular formula is C16H24NO+. The number of aryl methyl sites for hydroxylation is 2. The van der Waals surface area contributed by atoms with Crippen LogP contribution in [0.1, 0.15) is 11.1 Å². The monoisotopic (exact) mass is 246 g/mol. The molecule has 0 amide bonds. The lowest BCUT2D eigenvalue weighted by Gasteiger charge is -2.16. The highest BCUT2D eigenvalue weighted by atomic mass is 16.5. The summed E-state index contributed by atoms with van der Waals surface area (Å²) in [5.74, 6) is 0.953. The van der Waals surface area contributed by atoms with Gasteiger partial charge in [0.2, 0.25) is 0 Å². The van der Waals surface area contributed by atoms with Crippen LogP contribution in [0, 0.1) is 13.8 Å². The van der Waals surface area contributed by atoms with Gasteiger partial charge in [-0.25, -0.2) is 0 Å². The lowest BCUT2D eigenvalue weighted by Crippen LogP contribution is -3.12. The average molecular weight is 246 g/mol. The first kappa shape index (κ1) is 14.5. The van der Waals surface area contributed by atoms with Crippen LogP contribution < -0.4 is 9.64 Å². The van der Waals surface area contributed by atoms with Crippen molar-refractivity contribution < 1.29 is 9.64 Å². The number of hydrogen-bond donors (Lipinski definition) is 1. The van der Waals surface area contributed by atoms with Crippen molar-refractivity contribution >= 4 is 0 Å². The molecule has 0 heterocycles. The number of ether oxygens (including phenoxy) is 1. The van der Waals surface area contributed by atoms with Crippen LogP contribution in [-0.2, 0) is 0 Å². The summed E-state index contributed by atoms with van der Waals surface area (Å²) in [4.78, 5) is 1.42. The Morgan fingerprint density at radius 1 is 1.11 bits per heavy atom. The van der Waals surface area contributed by atoms with Crippen molar-refractivity contribution in [1.29, 1.82) is 0 Å². The second-order valence-corrected chi connectivity index (χ2v) is 4.58. The highest BCUT2D eigenvalue weighted by Gasteiger charge is 2.04. The molecule has 2 nitrogen and oxygen atoms in total. The van der Waals surface area contributed by atoms with Crippen LogP contribution in [0.2, 0.25) is 0 Å². The van der Waals surface area contributed by atoms with Crippen LogP contribution in [0.15, 0.2) is 43.5 Å². The lowest BCUT2D eigenvalue weighted by molar-refractivity contribution is -0.888. The molecule has 2 heteroatoms. The zero-order chi connectivity index (χ0) is 13.4. The molecule has 0 aliphatic heterocycles. The zero-order valence-corrected chi connectivity index (χ0v) is 11.5. The summed E-state index contributed by atoms with van der Waals surface area (Å²) in [5, 5.41) is 0. The van der Waals surface area contributed by atoms with Gasteiger partial charge in [0, 0.05) is 0 Å². The van der Waals surface area contributed by atoms with E-state index in [4.69, 9.17) is 4.74 Å². The smallest absolute Gasteiger partial charge is 0.137 e. The summed E-state index contributed by atoms with van der Waals surface area (Å²) in [7, 11) is 0. The van der Waals surface area contributed by atoms with Crippen molar-refractivity contribution in [2.24, 2.45) is 0 Å². The first-order valence-electron chi connectivity index (χ1n) is 6.42. The third kappa shape index (κ3) is 4.76. The van der Waals surface area contributed by atoms with Gasteiger partial charge in [0.1, 0.15) is 18.9 Å². The number of benzene rings is 1. The fourth-order valence-corrected chi connectivity index (χ4v) is 1.81. The van der Waals surface area contributed by atoms with Gasteiger partial charge in [0.25, 0.3) is 0 Å². The predicted octanol–water partition coefficient (Wildman–Crippen LogP) is 1.94. The Labute approximate surface area is 111 Å². The maximum atomic E-state index is 5.78. The van der Waals surface area contributed by atoms with E-state index in [-0.39, 0.29) is 0 Å². The Morgan fingerprint density at radius 2 is 1.78 bits per heavy atom. The Kier molecular flexibility index (Phi) is 6.23. The van der Waals surface area contributed by atoms with Gasteiger partial charge in [-0.2, -0.15) is 0 Å². The highest BCUT2D eigenvalue weighted by Crippen LogP contribution is 2.15. The van der Waals surface area contributed by atoms with E-state index in [0.717, 1.165) is 32.0 Å². The van der Waals surface area contributed by atoms with E-state index in [9.17, 15) is 0 Å². The fraction of sp³-hybridized carbons (Fsp3) is 0.375. The zero-order valence-electron chi connectivity index (χ0n) is 11.5. The molecule has 1 aromatic rings. The van der Waals surface area contributed by atoms with E-state index in [1.807, 2.05) is 18.2 Å². The standard InChI is InChI=1S/C16H23NO/c1-5-9-17(10-6-2)11-12-18-16-8-7-14(3)15(4)13-16/h5-8,13H,1-2,9-12H2,3-4H3/p+1. The minimum atomic E-state index is 0.722. The Balaban J connectivity index is 2.41. The molecule has 0 saturated heterocycles. The van der Waals surface area contributed by atoms with Gasteiger partial charge in [-0.3, -0.25) is 0 Å². The lowest BCUT2D eigenvalue weighted by atomic mass is 10.1. The molecule has 0 unspecified atom stereocenters. The van der Waals surface area contributed by atoms with Gasteiger partial charge in [-0.15, -0.1) is 0 Å². The summed E-state index contributed by atoms with van der Waals surface area (Å²) in [5.41, 5.74) is 2.57. The van der Waals surface area contributed by atoms with Crippen LogP contribution in [0.5, 0.6) is 5.75 Å². The molecular weight excluding hydrogens is 222 g/mol. The van der Waals surface area contributed by atoms with E-state index >= 15 is 0 Å². The van der Waals surface area contributed by atoms with Crippen LogP contribution in [0.4, 0.5) is 0 Å². The molecule has 1 aromatic carbocycles. The summed E-state index contributed by atoms with van der Waals surface area (Å²) >= 11 is 0. The molecule has 0 spiro atoms. The van der Waals surface area contributed by atoms with Crippen molar-refractivity contribution in [3.8, 4) is 5.75 Å². The van der Waals surface area contributed by atoms with Gasteiger partial charge < -0.3 is 9.64 Å². The number of nitrogens with one attached hydrogen (secondary N) is 1. The van der Waals surface area contributed by atoms with Crippen molar-refractivity contribution in [3.63, 3.8) is 0 Å². The van der Waals surface area contributed by atoms with Crippen LogP contribution in [0.25, 0.3) is 0 Å². The van der Waals surface area contributed by atoms with Gasteiger partial charge in [-0.1, -0.05) is 19.2 Å². The molecule has 1 rings (SSSR count). The molecule has 1 N–H and O–H groups in total. The second-order valence-electron chi connectivity index (χ2n) is 4.58. The number of hydrogen-bond acceptors (Lipinski definition) is 1. The van der Waals surface area contributed by atoms with E-state index in [0.29, 0.717) is 0 Å². The summed E-state index contributed by atoms with van der Waals surface area (Å²) < 4.78 is 5.78. The maximum absolute atomic E-state index is 5.78. The molecule has 0 atom stereocenters. The molecule has 0 aliphatic rings. The van der Waals surface area contributed by atoms with Crippen molar-refractivity contribution in [3.05, 3.63) is 54.6 Å². The van der Waals surface area contributed by atoms with Crippen molar-refractivity contribution in [1.82, 2.24) is 0 Å². The molecule has 0 saturated carbocycles. The average Bonchev–Trinajstić information content (AvgIpc) is 2.34. The largest absolute Gasteiger partial charge is 0.488 e. The number of quaternary nitrogens is 1. The summed E-state index contributed by atoms with van der Waals surface area (Å²) in [6.45, 7) is 15.3. The molecule has 18 heavy (non-hydrogen) atoms. The van der Waals surface area contributed by atoms with E-state index in [1.165, 1.54) is 16.0 Å². The molecule has 98 valence electrons. The summed E-state index contributed by atoms with van der Waals surface area (Å²) in [6.07, 6.45) is 3.88. The third-order valence-corrected chi connectivity index (χ3v) is 3.07. The van der Waals surface area contributed by atoms with Gasteiger partial charge in [-0.05, 0) is 49.3 Å². The SMILES string of the molecule is C=CC[NH+](CC=C)CCOc1ccc(C)c(C)c1. The van der Waals surface area contributed by atoms with Crippen LogP contribution in [-0.4, -0.2) is 26.2 Å². The number of rotatable bonds is 8. The highest BCUT2D eigenvalue weighted by molar-refractivity contribution is 5.33. The molecule has 0 fully saturated rings. The van der Waals surface area contributed by atoms with Gasteiger partial charge >= 0.3 is 0 Å². The van der Waals surface area contributed by atoms with Crippen LogP contribution >= 0.6 is 0 Å². The minimum absolute atomic E-state index is 0.722. The quantitative estimate of drug-likeness (QED) is 0.692. The molecule has 0 radical (unpaired) electrons. The predicted molar refractivity (Wildman–Crippen MR) is 77.4 cm³/mol. The fourth-order valence-electron chi connectivity index (χ4n) is 1.81. The third-order valence-electron chi connectivity index (χ3n) is 3.07. The minimum Gasteiger partial charge on any atom is -0.488 e. The Bertz CT molecular complexity index is 388. The Morgan fingerprint density at radius 3 is 2.33 bits per heavy atom. The van der Waals surface area contributed by atoms with Crippen LogP contribution in [0.3, 0.4) is 0 Å². The first-order valence-corrected chi connectivity index (χ1v) is 6.42. The van der Waals surface area contributed by atoms with Gasteiger partial charge in [0.05, 0.1) is 13.1 Å². The maximum Gasteiger partial charge on any atom is 0.137 e. The first-order chi connectivity index (χ1) is 8.67. The summed E-state index contributed by atoms with van der Waals surface area (Å²) in [6, 6.07) is 6.22.